The maximum Gasteiger partial charge on any atom is 0.374 e. The van der Waals surface area contributed by atoms with E-state index in [4.69, 9.17) is 13.6 Å². The molecule has 0 unspecified atom stereocenters. The van der Waals surface area contributed by atoms with Gasteiger partial charge in [0.1, 0.15) is 12.2 Å². The number of fused-ring (bicyclic) bond motifs is 3. The summed E-state index contributed by atoms with van der Waals surface area (Å²) in [5, 5.41) is 2.69. The third-order valence-corrected chi connectivity index (χ3v) is 4.27. The molecule has 2 aromatic carbocycles. The van der Waals surface area contributed by atoms with Crippen molar-refractivity contribution in [1.29, 1.82) is 0 Å². The minimum Gasteiger partial charge on any atom is -0.455 e. The average molecular weight is 399 g/mol. The largest absolute Gasteiger partial charge is 0.455 e. The van der Waals surface area contributed by atoms with Gasteiger partial charge in [-0.05, 0) is 44.9 Å². The van der Waals surface area contributed by atoms with Gasteiger partial charge in [-0.2, -0.15) is 0 Å². The van der Waals surface area contributed by atoms with Gasteiger partial charge in [0.15, 0.2) is 4.67 Å². The monoisotopic (exact) mass is 398 g/mol. The van der Waals surface area contributed by atoms with Crippen molar-refractivity contribution in [2.45, 2.75) is 6.61 Å². The zero-order chi connectivity index (χ0) is 17.4. The molecule has 25 heavy (non-hydrogen) atoms. The molecule has 0 saturated carbocycles. The van der Waals surface area contributed by atoms with E-state index in [1.54, 1.807) is 12.1 Å². The first-order valence-electron chi connectivity index (χ1n) is 7.49. The van der Waals surface area contributed by atoms with Gasteiger partial charge in [-0.25, -0.2) is 9.59 Å². The Morgan fingerprint density at radius 1 is 1.04 bits per heavy atom. The number of halogens is 1. The Morgan fingerprint density at radius 2 is 1.88 bits per heavy atom. The summed E-state index contributed by atoms with van der Waals surface area (Å²) in [5.74, 6) is -0.517. The lowest BCUT2D eigenvalue weighted by Crippen LogP contribution is -2.07. The van der Waals surface area contributed by atoms with Crippen molar-refractivity contribution in [3.05, 3.63) is 81.0 Å². The molecule has 5 nitrogen and oxygen atoms in total. The average Bonchev–Trinajstić information content (AvgIpc) is 3.05. The number of carbonyl (C=O) groups excluding carboxylic acids is 1. The normalized spacial score (nSPS) is 11.1. The van der Waals surface area contributed by atoms with E-state index < -0.39 is 11.6 Å². The van der Waals surface area contributed by atoms with Gasteiger partial charge < -0.3 is 13.6 Å². The molecule has 0 aliphatic carbocycles. The van der Waals surface area contributed by atoms with Crippen molar-refractivity contribution in [1.82, 2.24) is 0 Å². The van der Waals surface area contributed by atoms with Gasteiger partial charge in [0.05, 0.1) is 0 Å². The zero-order valence-corrected chi connectivity index (χ0v) is 14.4. The van der Waals surface area contributed by atoms with Gasteiger partial charge in [-0.3, -0.25) is 0 Å². The van der Waals surface area contributed by atoms with Crippen LogP contribution in [0.4, 0.5) is 0 Å². The van der Waals surface area contributed by atoms with Crippen molar-refractivity contribution in [3.63, 3.8) is 0 Å². The van der Waals surface area contributed by atoms with E-state index in [0.29, 0.717) is 15.8 Å². The molecular formula is C19H11BrO5. The van der Waals surface area contributed by atoms with Crippen LogP contribution >= 0.6 is 15.9 Å². The lowest BCUT2D eigenvalue weighted by atomic mass is 10.0. The highest BCUT2D eigenvalue weighted by Crippen LogP contribution is 2.28. The van der Waals surface area contributed by atoms with Gasteiger partial charge in [0.2, 0.25) is 5.76 Å². The fourth-order valence-electron chi connectivity index (χ4n) is 2.77. The van der Waals surface area contributed by atoms with Gasteiger partial charge in [0.25, 0.3) is 0 Å². The Kier molecular flexibility index (Phi) is 3.89. The summed E-state index contributed by atoms with van der Waals surface area (Å²) in [5.41, 5.74) is 0.551. The van der Waals surface area contributed by atoms with E-state index in [0.717, 1.165) is 16.2 Å². The highest BCUT2D eigenvalue weighted by molar-refractivity contribution is 9.10. The number of rotatable bonds is 3. The molecule has 2 aromatic heterocycles. The second kappa shape index (κ2) is 6.22. The third kappa shape index (κ3) is 2.96. The number of benzene rings is 2. The van der Waals surface area contributed by atoms with E-state index in [2.05, 4.69) is 15.9 Å². The molecule has 2 heterocycles. The van der Waals surface area contributed by atoms with E-state index in [-0.39, 0.29) is 12.4 Å². The zero-order valence-electron chi connectivity index (χ0n) is 12.8. The molecule has 0 atom stereocenters. The van der Waals surface area contributed by atoms with E-state index in [1.165, 1.54) is 12.1 Å². The highest BCUT2D eigenvalue weighted by Gasteiger charge is 2.15. The van der Waals surface area contributed by atoms with Crippen LogP contribution in [0.15, 0.2) is 72.9 Å². The van der Waals surface area contributed by atoms with Crippen LogP contribution in [0.25, 0.3) is 21.7 Å². The molecule has 0 fully saturated rings. The van der Waals surface area contributed by atoms with Gasteiger partial charge in [-0.15, -0.1) is 0 Å². The number of hydrogen-bond donors (Lipinski definition) is 0. The maximum absolute atomic E-state index is 12.1. The molecule has 4 aromatic rings. The molecule has 0 N–H and O–H groups in total. The van der Waals surface area contributed by atoms with Crippen LogP contribution in [0.1, 0.15) is 16.1 Å². The lowest BCUT2D eigenvalue weighted by Gasteiger charge is -2.09. The summed E-state index contributed by atoms with van der Waals surface area (Å²) >= 11 is 3.14. The molecule has 0 aliphatic rings. The summed E-state index contributed by atoms with van der Waals surface area (Å²) in [6.07, 6.45) is 0. The molecule has 6 heteroatoms. The number of hydrogen-bond acceptors (Lipinski definition) is 5. The minimum atomic E-state index is -0.604. The Labute approximate surface area is 149 Å². The molecule has 4 rings (SSSR count). The summed E-state index contributed by atoms with van der Waals surface area (Å²) < 4.78 is 16.2. The molecule has 124 valence electrons. The number of esters is 1. The molecular weight excluding hydrogens is 388 g/mol. The van der Waals surface area contributed by atoms with Gasteiger partial charge in [-0.1, -0.05) is 30.3 Å². The van der Waals surface area contributed by atoms with Crippen molar-refractivity contribution in [2.75, 3.05) is 0 Å². The second-order valence-electron chi connectivity index (χ2n) is 5.43. The van der Waals surface area contributed by atoms with E-state index in [9.17, 15) is 9.59 Å². The van der Waals surface area contributed by atoms with Crippen LogP contribution in [-0.2, 0) is 11.3 Å². The van der Waals surface area contributed by atoms with E-state index in [1.807, 2.05) is 30.3 Å². The SMILES string of the molecule is O=C(OCc1cc(=O)oc2ccc3ccccc3c12)c1ccc(Br)o1. The van der Waals surface area contributed by atoms with Crippen LogP contribution in [-0.4, -0.2) is 5.97 Å². The molecule has 0 amide bonds. The topological polar surface area (TPSA) is 69.7 Å². The Balaban J connectivity index is 1.77. The Morgan fingerprint density at radius 3 is 2.68 bits per heavy atom. The first-order chi connectivity index (χ1) is 12.1. The molecule has 0 saturated heterocycles. The Bertz CT molecular complexity index is 1160. The van der Waals surface area contributed by atoms with Crippen LogP contribution in [0.2, 0.25) is 0 Å². The van der Waals surface area contributed by atoms with Crippen molar-refractivity contribution in [2.24, 2.45) is 0 Å². The van der Waals surface area contributed by atoms with Crippen LogP contribution in [0.5, 0.6) is 0 Å². The molecule has 0 spiro atoms. The lowest BCUT2D eigenvalue weighted by molar-refractivity contribution is 0.0436. The fraction of sp³-hybridized carbons (Fsp3) is 0.0526. The molecule has 0 radical (unpaired) electrons. The minimum absolute atomic E-state index is 0.0622. The second-order valence-corrected chi connectivity index (χ2v) is 6.21. The maximum atomic E-state index is 12.1. The quantitative estimate of drug-likeness (QED) is 0.285. The van der Waals surface area contributed by atoms with Crippen molar-refractivity contribution in [3.8, 4) is 0 Å². The predicted octanol–water partition coefficient (Wildman–Crippen LogP) is 4.66. The first-order valence-corrected chi connectivity index (χ1v) is 8.28. The highest BCUT2D eigenvalue weighted by atomic mass is 79.9. The first kappa shape index (κ1) is 15.7. The Hall–Kier alpha value is -2.86. The van der Waals surface area contributed by atoms with Gasteiger partial charge in [0, 0.05) is 17.0 Å². The number of ether oxygens (including phenoxy) is 1. The van der Waals surface area contributed by atoms with Crippen molar-refractivity contribution >= 4 is 43.6 Å². The number of furan rings is 1. The van der Waals surface area contributed by atoms with Crippen LogP contribution < -0.4 is 5.63 Å². The number of carbonyl (C=O) groups is 1. The smallest absolute Gasteiger partial charge is 0.374 e. The predicted molar refractivity (Wildman–Crippen MR) is 95.5 cm³/mol. The van der Waals surface area contributed by atoms with Crippen LogP contribution in [0.3, 0.4) is 0 Å². The van der Waals surface area contributed by atoms with Crippen LogP contribution in [0, 0.1) is 0 Å². The molecule has 0 bridgehead atoms. The molecule has 0 aliphatic heterocycles. The summed E-state index contributed by atoms with van der Waals surface area (Å²) in [7, 11) is 0. The fourth-order valence-corrected chi connectivity index (χ4v) is 3.08. The third-order valence-electron chi connectivity index (χ3n) is 3.85. The van der Waals surface area contributed by atoms with Gasteiger partial charge >= 0.3 is 11.6 Å². The summed E-state index contributed by atoms with van der Waals surface area (Å²) in [6, 6.07) is 15.8. The standard InChI is InChI=1S/C19H11BrO5/c20-16-8-7-15(24-16)19(22)23-10-12-9-17(21)25-14-6-5-11-3-1-2-4-13(11)18(12)14/h1-9H,10H2. The van der Waals surface area contributed by atoms with E-state index >= 15 is 0 Å². The summed E-state index contributed by atoms with van der Waals surface area (Å²) in [4.78, 5) is 23.9. The van der Waals surface area contributed by atoms with Crippen molar-refractivity contribution < 1.29 is 18.4 Å². The summed E-state index contributed by atoms with van der Waals surface area (Å²) in [6.45, 7) is -0.0622.